The Morgan fingerprint density at radius 2 is 2.17 bits per heavy atom. The fourth-order valence-electron chi connectivity index (χ4n) is 1.84. The topological polar surface area (TPSA) is 115 Å². The highest BCUT2D eigenvalue weighted by atomic mass is 32.2. The Balaban J connectivity index is 1.58. The zero-order valence-corrected chi connectivity index (χ0v) is 13.9. The summed E-state index contributed by atoms with van der Waals surface area (Å²) in [6.07, 6.45) is 2.67. The van der Waals surface area contributed by atoms with Crippen molar-refractivity contribution in [3.63, 3.8) is 0 Å². The van der Waals surface area contributed by atoms with Crippen molar-refractivity contribution in [1.82, 2.24) is 19.9 Å². The van der Waals surface area contributed by atoms with Crippen LogP contribution >= 0.6 is 11.3 Å². The highest BCUT2D eigenvalue weighted by Gasteiger charge is 2.18. The molecule has 0 aromatic carbocycles. The van der Waals surface area contributed by atoms with Crippen molar-refractivity contribution >= 4 is 27.3 Å². The fraction of sp³-hybridized carbons (Fsp3) is 0.143. The van der Waals surface area contributed by atoms with E-state index in [0.29, 0.717) is 5.89 Å². The number of hydrogen-bond acceptors (Lipinski definition) is 8. The number of thiophene rings is 1. The van der Waals surface area contributed by atoms with Crippen LogP contribution in [0.1, 0.15) is 12.3 Å². The van der Waals surface area contributed by atoms with Crippen LogP contribution in [-0.2, 0) is 21.2 Å². The van der Waals surface area contributed by atoms with Gasteiger partial charge in [-0.05, 0) is 23.6 Å². The molecule has 0 saturated heterocycles. The standard InChI is InChI=1S/C14H12N4O4S2/c19-12(18-24(20,21)11-2-1-6-15-8-11)3-4-13-16-17-14(22-13)10-5-7-23-9-10/h1-2,5-9H,3-4H2,(H,18,19). The van der Waals surface area contributed by atoms with Gasteiger partial charge in [0.05, 0.1) is 0 Å². The number of nitrogens with zero attached hydrogens (tertiary/aromatic N) is 3. The van der Waals surface area contributed by atoms with Crippen molar-refractivity contribution in [3.05, 3.63) is 47.2 Å². The summed E-state index contributed by atoms with van der Waals surface area (Å²) in [5, 5.41) is 11.5. The molecule has 0 atom stereocenters. The van der Waals surface area contributed by atoms with E-state index in [-0.39, 0.29) is 23.6 Å². The molecule has 0 spiro atoms. The van der Waals surface area contributed by atoms with E-state index in [1.165, 1.54) is 35.9 Å². The second-order valence-corrected chi connectivity index (χ2v) is 7.19. The largest absolute Gasteiger partial charge is 0.421 e. The molecule has 24 heavy (non-hydrogen) atoms. The quantitative estimate of drug-likeness (QED) is 0.707. The van der Waals surface area contributed by atoms with Crippen LogP contribution in [0.25, 0.3) is 11.5 Å². The van der Waals surface area contributed by atoms with Gasteiger partial charge in [0.15, 0.2) is 0 Å². The van der Waals surface area contributed by atoms with Crippen LogP contribution in [0.15, 0.2) is 50.7 Å². The Bertz CT molecular complexity index is 921. The van der Waals surface area contributed by atoms with Gasteiger partial charge in [0.25, 0.3) is 10.0 Å². The molecule has 8 nitrogen and oxygen atoms in total. The maximum atomic E-state index is 12.0. The molecule has 0 bridgehead atoms. The SMILES string of the molecule is O=C(CCc1nnc(-c2ccsc2)o1)NS(=O)(=O)c1cccnc1. The lowest BCUT2D eigenvalue weighted by atomic mass is 10.3. The number of pyridine rings is 1. The van der Waals surface area contributed by atoms with E-state index < -0.39 is 15.9 Å². The predicted octanol–water partition coefficient (Wildman–Crippen LogP) is 1.63. The van der Waals surface area contributed by atoms with Crippen molar-refractivity contribution in [2.24, 2.45) is 0 Å². The zero-order valence-electron chi connectivity index (χ0n) is 12.2. The molecule has 0 aliphatic rings. The first kappa shape index (κ1) is 16.3. The fourth-order valence-corrected chi connectivity index (χ4v) is 3.45. The first-order valence-electron chi connectivity index (χ1n) is 6.85. The van der Waals surface area contributed by atoms with Gasteiger partial charge in [-0.1, -0.05) is 0 Å². The van der Waals surface area contributed by atoms with Crippen LogP contribution in [0.2, 0.25) is 0 Å². The number of carbonyl (C=O) groups excluding carboxylic acids is 1. The Kier molecular flexibility index (Phi) is 4.67. The summed E-state index contributed by atoms with van der Waals surface area (Å²) in [4.78, 5) is 15.5. The third kappa shape index (κ3) is 3.84. The van der Waals surface area contributed by atoms with E-state index >= 15 is 0 Å². The predicted molar refractivity (Wildman–Crippen MR) is 85.5 cm³/mol. The van der Waals surface area contributed by atoms with E-state index in [4.69, 9.17) is 4.42 Å². The minimum atomic E-state index is -3.92. The van der Waals surface area contributed by atoms with Crippen LogP contribution in [0.5, 0.6) is 0 Å². The number of sulfonamides is 1. The van der Waals surface area contributed by atoms with E-state index in [9.17, 15) is 13.2 Å². The van der Waals surface area contributed by atoms with Crippen molar-refractivity contribution in [2.45, 2.75) is 17.7 Å². The molecule has 3 aromatic rings. The minimum absolute atomic E-state index is 0.0733. The molecule has 0 aliphatic carbocycles. The third-order valence-corrected chi connectivity index (χ3v) is 5.04. The lowest BCUT2D eigenvalue weighted by Crippen LogP contribution is -2.30. The molecule has 0 saturated carbocycles. The molecule has 3 rings (SSSR count). The summed E-state index contributed by atoms with van der Waals surface area (Å²) < 4.78 is 31.4. The average Bonchev–Trinajstić information content (AvgIpc) is 3.25. The molecule has 3 aromatic heterocycles. The lowest BCUT2D eigenvalue weighted by Gasteiger charge is -2.05. The first-order valence-corrected chi connectivity index (χ1v) is 9.28. The Hall–Kier alpha value is -2.59. The van der Waals surface area contributed by atoms with Crippen LogP contribution in [0.3, 0.4) is 0 Å². The summed E-state index contributed by atoms with van der Waals surface area (Å²) in [6, 6.07) is 4.67. The van der Waals surface area contributed by atoms with E-state index in [2.05, 4.69) is 15.2 Å². The van der Waals surface area contributed by atoms with E-state index in [1.54, 1.807) is 0 Å². The summed E-state index contributed by atoms with van der Waals surface area (Å²) in [6.45, 7) is 0. The van der Waals surface area contributed by atoms with Gasteiger partial charge >= 0.3 is 0 Å². The molecule has 0 radical (unpaired) electrons. The van der Waals surface area contributed by atoms with Crippen LogP contribution in [-0.4, -0.2) is 29.5 Å². The second kappa shape index (κ2) is 6.89. The normalized spacial score (nSPS) is 11.3. The smallest absolute Gasteiger partial charge is 0.265 e. The van der Waals surface area contributed by atoms with Gasteiger partial charge in [0, 0.05) is 36.2 Å². The first-order chi connectivity index (χ1) is 11.5. The Morgan fingerprint density at radius 3 is 2.88 bits per heavy atom. The molecule has 10 heteroatoms. The summed E-state index contributed by atoms with van der Waals surface area (Å²) in [5.74, 6) is -0.0195. The third-order valence-electron chi connectivity index (χ3n) is 2.99. The van der Waals surface area contributed by atoms with Crippen LogP contribution in [0, 0.1) is 0 Å². The summed E-state index contributed by atoms with van der Waals surface area (Å²) in [7, 11) is -3.92. The summed E-state index contributed by atoms with van der Waals surface area (Å²) >= 11 is 1.50. The molecular weight excluding hydrogens is 352 g/mol. The van der Waals surface area contributed by atoms with Crippen molar-refractivity contribution in [3.8, 4) is 11.5 Å². The van der Waals surface area contributed by atoms with Gasteiger partial charge in [-0.25, -0.2) is 13.1 Å². The maximum absolute atomic E-state index is 12.0. The highest BCUT2D eigenvalue weighted by molar-refractivity contribution is 7.90. The van der Waals surface area contributed by atoms with Gasteiger partial charge in [-0.2, -0.15) is 11.3 Å². The van der Waals surface area contributed by atoms with Crippen LogP contribution < -0.4 is 4.72 Å². The van der Waals surface area contributed by atoms with E-state index in [1.807, 2.05) is 21.5 Å². The molecule has 0 fully saturated rings. The molecular formula is C14H12N4O4S2. The Labute approximate surface area is 141 Å². The van der Waals surface area contributed by atoms with Crippen molar-refractivity contribution in [1.29, 1.82) is 0 Å². The molecule has 1 amide bonds. The van der Waals surface area contributed by atoms with Gasteiger partial charge in [-0.3, -0.25) is 9.78 Å². The van der Waals surface area contributed by atoms with Crippen LogP contribution in [0.4, 0.5) is 0 Å². The number of rotatable bonds is 6. The highest BCUT2D eigenvalue weighted by Crippen LogP contribution is 2.20. The number of hydrogen-bond donors (Lipinski definition) is 1. The number of nitrogens with one attached hydrogen (secondary N) is 1. The summed E-state index contributed by atoms with van der Waals surface area (Å²) in [5.41, 5.74) is 0.808. The minimum Gasteiger partial charge on any atom is -0.421 e. The molecule has 0 unspecified atom stereocenters. The molecule has 3 heterocycles. The zero-order chi connectivity index (χ0) is 17.0. The molecule has 0 aliphatic heterocycles. The number of aryl methyl sites for hydroxylation is 1. The number of carbonyl (C=O) groups is 1. The average molecular weight is 364 g/mol. The molecule has 124 valence electrons. The monoisotopic (exact) mass is 364 g/mol. The number of amides is 1. The van der Waals surface area contributed by atoms with Crippen molar-refractivity contribution in [2.75, 3.05) is 0 Å². The molecule has 1 N–H and O–H groups in total. The van der Waals surface area contributed by atoms with Gasteiger partial charge in [-0.15, -0.1) is 10.2 Å². The van der Waals surface area contributed by atoms with Gasteiger partial charge in [0.1, 0.15) is 4.90 Å². The maximum Gasteiger partial charge on any atom is 0.265 e. The van der Waals surface area contributed by atoms with Crippen molar-refractivity contribution < 1.29 is 17.6 Å². The van der Waals surface area contributed by atoms with E-state index in [0.717, 1.165) is 5.56 Å². The lowest BCUT2D eigenvalue weighted by molar-refractivity contribution is -0.119. The number of aromatic nitrogens is 3. The second-order valence-electron chi connectivity index (χ2n) is 4.73. The van der Waals surface area contributed by atoms with Gasteiger partial charge in [0.2, 0.25) is 17.7 Å². The van der Waals surface area contributed by atoms with Gasteiger partial charge < -0.3 is 4.42 Å². The Morgan fingerprint density at radius 1 is 1.29 bits per heavy atom.